The summed E-state index contributed by atoms with van der Waals surface area (Å²) in [6.07, 6.45) is 6.64. The molecular formula is C26H24FN7O. The van der Waals surface area contributed by atoms with Crippen LogP contribution >= 0.6 is 0 Å². The molecular weight excluding hydrogens is 445 g/mol. The van der Waals surface area contributed by atoms with E-state index < -0.39 is 11.7 Å². The van der Waals surface area contributed by atoms with Gasteiger partial charge in [0.2, 0.25) is 0 Å². The lowest BCUT2D eigenvalue weighted by Crippen LogP contribution is -2.18. The number of amides is 1. The third-order valence-electron chi connectivity index (χ3n) is 5.29. The smallest absolute Gasteiger partial charge is 0.274 e. The molecule has 0 spiro atoms. The van der Waals surface area contributed by atoms with Crippen LogP contribution in [0, 0.1) is 18.2 Å². The van der Waals surface area contributed by atoms with E-state index in [9.17, 15) is 9.18 Å². The van der Waals surface area contributed by atoms with Crippen LogP contribution in [0.3, 0.4) is 0 Å². The summed E-state index contributed by atoms with van der Waals surface area (Å²) in [7, 11) is 1.65. The lowest BCUT2D eigenvalue weighted by molar-refractivity contribution is 0.101. The Balaban J connectivity index is 1.48. The highest BCUT2D eigenvalue weighted by atomic mass is 19.1. The van der Waals surface area contributed by atoms with Crippen molar-refractivity contribution in [3.63, 3.8) is 0 Å². The summed E-state index contributed by atoms with van der Waals surface area (Å²) in [4.78, 5) is 16.8. The number of carbonyl (C=O) groups is 1. The molecule has 0 aliphatic carbocycles. The third kappa shape index (κ3) is 5.41. The Hall–Kier alpha value is -4.79. The van der Waals surface area contributed by atoms with E-state index in [0.29, 0.717) is 33.9 Å². The quantitative estimate of drug-likeness (QED) is 0.226. The number of nitrogen functional groups attached to an aromatic ring is 1. The second-order valence-corrected chi connectivity index (χ2v) is 7.88. The maximum Gasteiger partial charge on any atom is 0.274 e. The Bertz CT molecular complexity index is 1410. The highest BCUT2D eigenvalue weighted by Gasteiger charge is 2.16. The maximum absolute atomic E-state index is 14.4. The van der Waals surface area contributed by atoms with Gasteiger partial charge in [0, 0.05) is 35.9 Å². The van der Waals surface area contributed by atoms with Gasteiger partial charge in [-0.2, -0.15) is 5.10 Å². The van der Waals surface area contributed by atoms with Crippen molar-refractivity contribution in [3.8, 4) is 0 Å². The largest absolute Gasteiger partial charge is 0.398 e. The minimum absolute atomic E-state index is 0.0339. The molecule has 0 bridgehead atoms. The monoisotopic (exact) mass is 469 g/mol. The first-order chi connectivity index (χ1) is 16.8. The molecule has 0 unspecified atom stereocenters. The van der Waals surface area contributed by atoms with Crippen molar-refractivity contribution in [2.24, 2.45) is 7.05 Å². The van der Waals surface area contributed by atoms with Crippen molar-refractivity contribution in [1.82, 2.24) is 14.8 Å². The summed E-state index contributed by atoms with van der Waals surface area (Å²) in [6.45, 7) is 1.76. The lowest BCUT2D eigenvalue weighted by atomic mass is 10.1. The van der Waals surface area contributed by atoms with Gasteiger partial charge in [-0.3, -0.25) is 14.5 Å². The summed E-state index contributed by atoms with van der Waals surface area (Å²) >= 11 is 0. The van der Waals surface area contributed by atoms with Crippen molar-refractivity contribution in [3.05, 3.63) is 101 Å². The molecule has 9 heteroatoms. The van der Waals surface area contributed by atoms with Crippen molar-refractivity contribution >= 4 is 40.4 Å². The first-order valence-corrected chi connectivity index (χ1v) is 10.8. The Morgan fingerprint density at radius 1 is 1.14 bits per heavy atom. The molecule has 0 saturated carbocycles. The Morgan fingerprint density at radius 2 is 1.91 bits per heavy atom. The molecule has 4 aromatic rings. The molecule has 0 radical (unpaired) electrons. The van der Waals surface area contributed by atoms with Crippen molar-refractivity contribution in [2.75, 3.05) is 16.4 Å². The molecule has 0 saturated heterocycles. The number of benzene rings is 2. The Kier molecular flexibility index (Phi) is 6.68. The highest BCUT2D eigenvalue weighted by Crippen LogP contribution is 2.26. The molecule has 0 aliphatic rings. The molecule has 2 aromatic heterocycles. The van der Waals surface area contributed by atoms with E-state index >= 15 is 0 Å². The second kappa shape index (κ2) is 10.0. The van der Waals surface area contributed by atoms with Gasteiger partial charge in [0.15, 0.2) is 0 Å². The number of aryl methyl sites for hydroxylation is 2. The Labute approximate surface area is 201 Å². The van der Waals surface area contributed by atoms with Crippen LogP contribution in [0.4, 0.5) is 27.1 Å². The molecule has 0 aliphatic heterocycles. The molecule has 35 heavy (non-hydrogen) atoms. The van der Waals surface area contributed by atoms with Gasteiger partial charge in [0.1, 0.15) is 11.5 Å². The number of rotatable bonds is 7. The van der Waals surface area contributed by atoms with E-state index in [1.54, 1.807) is 62.8 Å². The normalized spacial score (nSPS) is 10.9. The lowest BCUT2D eigenvalue weighted by Gasteiger charge is -2.13. The summed E-state index contributed by atoms with van der Waals surface area (Å²) in [5.41, 5.74) is 10.4. The van der Waals surface area contributed by atoms with Crippen LogP contribution in [-0.4, -0.2) is 26.4 Å². The van der Waals surface area contributed by atoms with E-state index in [2.05, 4.69) is 20.7 Å². The van der Waals surface area contributed by atoms with Gasteiger partial charge in [-0.1, -0.05) is 6.07 Å². The molecule has 5 N–H and O–H groups in total. The van der Waals surface area contributed by atoms with Gasteiger partial charge in [0.05, 0.1) is 23.3 Å². The zero-order valence-corrected chi connectivity index (χ0v) is 19.2. The van der Waals surface area contributed by atoms with E-state index in [4.69, 9.17) is 11.1 Å². The standard InChI is InChI=1S/C26H24FN7O/c1-16-15-31-34(2)25(16)26(35)33-24-14-19(7-10-21(24)27)32-18-6-9-20(23(29)13-18)22(28)11-8-17-5-3-4-12-30-17/h3-15,28,32H,29H2,1-2H3,(H,33,35)/b11-8+,28-22?. The number of aromatic nitrogens is 3. The van der Waals surface area contributed by atoms with Crippen LogP contribution in [0.25, 0.3) is 6.08 Å². The van der Waals surface area contributed by atoms with Gasteiger partial charge in [-0.25, -0.2) is 4.39 Å². The number of carbonyl (C=O) groups excluding carboxylic acids is 1. The van der Waals surface area contributed by atoms with Crippen LogP contribution in [0.2, 0.25) is 0 Å². The number of allylic oxidation sites excluding steroid dienone is 1. The predicted molar refractivity (Wildman–Crippen MR) is 137 cm³/mol. The van der Waals surface area contributed by atoms with Crippen molar-refractivity contribution in [1.29, 1.82) is 5.41 Å². The molecule has 1 amide bonds. The number of pyridine rings is 1. The number of halogens is 1. The summed E-state index contributed by atoms with van der Waals surface area (Å²) in [5.74, 6) is -1.02. The number of nitrogens with two attached hydrogens (primary N) is 1. The molecule has 0 fully saturated rings. The minimum atomic E-state index is -0.563. The first kappa shape index (κ1) is 23.4. The Morgan fingerprint density at radius 3 is 2.60 bits per heavy atom. The van der Waals surface area contributed by atoms with Gasteiger partial charge >= 0.3 is 0 Å². The van der Waals surface area contributed by atoms with E-state index in [1.807, 2.05) is 18.2 Å². The molecule has 8 nitrogen and oxygen atoms in total. The fourth-order valence-electron chi connectivity index (χ4n) is 3.54. The zero-order valence-electron chi connectivity index (χ0n) is 19.2. The summed E-state index contributed by atoms with van der Waals surface area (Å²) in [6, 6.07) is 15.1. The predicted octanol–water partition coefficient (Wildman–Crippen LogP) is 4.92. The van der Waals surface area contributed by atoms with Gasteiger partial charge < -0.3 is 21.8 Å². The number of nitrogens with one attached hydrogen (secondary N) is 3. The van der Waals surface area contributed by atoms with Crippen molar-refractivity contribution < 1.29 is 9.18 Å². The van der Waals surface area contributed by atoms with E-state index in [1.165, 1.54) is 16.8 Å². The van der Waals surface area contributed by atoms with Crippen molar-refractivity contribution in [2.45, 2.75) is 6.92 Å². The average Bonchev–Trinajstić information content (AvgIpc) is 3.18. The minimum Gasteiger partial charge on any atom is -0.398 e. The van der Waals surface area contributed by atoms with E-state index in [0.717, 1.165) is 5.69 Å². The van der Waals surface area contributed by atoms with Crippen LogP contribution < -0.4 is 16.4 Å². The first-order valence-electron chi connectivity index (χ1n) is 10.8. The fraction of sp³-hybridized carbons (Fsp3) is 0.0769. The third-order valence-corrected chi connectivity index (χ3v) is 5.29. The highest BCUT2D eigenvalue weighted by molar-refractivity contribution is 6.12. The van der Waals surface area contributed by atoms with Gasteiger partial charge in [-0.05, 0) is 73.2 Å². The molecule has 176 valence electrons. The van der Waals surface area contributed by atoms with Crippen LogP contribution in [0.5, 0.6) is 0 Å². The molecule has 2 aromatic carbocycles. The van der Waals surface area contributed by atoms with E-state index in [-0.39, 0.29) is 11.4 Å². The zero-order chi connectivity index (χ0) is 24.9. The molecule has 4 rings (SSSR count). The SMILES string of the molecule is Cc1cnn(C)c1C(=O)Nc1cc(Nc2ccc(C(=N)/C=C/c3ccccn3)c(N)c2)ccc1F. The topological polar surface area (TPSA) is 122 Å². The van der Waals surface area contributed by atoms with Crippen LogP contribution in [0.15, 0.2) is 73.1 Å². The summed E-state index contributed by atoms with van der Waals surface area (Å²) in [5, 5.41) is 18.1. The molecule has 2 heterocycles. The number of hydrogen-bond acceptors (Lipinski definition) is 6. The van der Waals surface area contributed by atoms with Crippen LogP contribution in [0.1, 0.15) is 27.3 Å². The number of nitrogens with zero attached hydrogens (tertiary/aromatic N) is 3. The van der Waals surface area contributed by atoms with Gasteiger partial charge in [-0.15, -0.1) is 0 Å². The molecule has 0 atom stereocenters. The maximum atomic E-state index is 14.4. The number of anilines is 4. The number of hydrogen-bond donors (Lipinski definition) is 4. The second-order valence-electron chi connectivity index (χ2n) is 7.88. The van der Waals surface area contributed by atoms with Gasteiger partial charge in [0.25, 0.3) is 5.91 Å². The summed E-state index contributed by atoms with van der Waals surface area (Å²) < 4.78 is 15.8. The van der Waals surface area contributed by atoms with Crippen LogP contribution in [-0.2, 0) is 7.05 Å². The fourth-order valence-corrected chi connectivity index (χ4v) is 3.54. The average molecular weight is 470 g/mol.